The van der Waals surface area contributed by atoms with Gasteiger partial charge in [0.25, 0.3) is 0 Å². The Balaban J connectivity index is 2.41. The van der Waals surface area contributed by atoms with Crippen LogP contribution >= 0.6 is 0 Å². The number of rotatable bonds is 2. The van der Waals surface area contributed by atoms with Crippen LogP contribution in [0.25, 0.3) is 10.9 Å². The van der Waals surface area contributed by atoms with Crippen LogP contribution < -0.4 is 4.84 Å². The van der Waals surface area contributed by atoms with Gasteiger partial charge in [-0.05, 0) is 12.1 Å². The van der Waals surface area contributed by atoms with Gasteiger partial charge in [0.1, 0.15) is 0 Å². The van der Waals surface area contributed by atoms with Crippen molar-refractivity contribution in [1.29, 1.82) is 0 Å². The smallest absolute Gasteiger partial charge is 0.175 e. The molecule has 0 saturated carbocycles. The summed E-state index contributed by atoms with van der Waals surface area (Å²) in [7, 11) is 0. The van der Waals surface area contributed by atoms with Crippen molar-refractivity contribution in [2.45, 2.75) is 0 Å². The first kappa shape index (κ1) is 7.75. The fourth-order valence-corrected chi connectivity index (χ4v) is 1.28. The summed E-state index contributed by atoms with van der Waals surface area (Å²) in [6.07, 6.45) is 6.96. The zero-order chi connectivity index (χ0) is 9.10. The highest BCUT2D eigenvalue weighted by Crippen LogP contribution is 2.13. The molecule has 1 aromatic carbocycles. The van der Waals surface area contributed by atoms with Crippen molar-refractivity contribution in [3.63, 3.8) is 0 Å². The number of nitrogens with zero attached hydrogens (tertiary/aromatic N) is 1. The van der Waals surface area contributed by atoms with Crippen LogP contribution in [0.1, 0.15) is 0 Å². The first-order valence-electron chi connectivity index (χ1n) is 4.04. The third-order valence-electron chi connectivity index (χ3n) is 1.85. The van der Waals surface area contributed by atoms with Gasteiger partial charge in [0.15, 0.2) is 6.61 Å². The molecule has 0 saturated heterocycles. The second-order valence-corrected chi connectivity index (χ2v) is 2.68. The van der Waals surface area contributed by atoms with E-state index in [2.05, 4.69) is 5.92 Å². The van der Waals surface area contributed by atoms with Gasteiger partial charge in [0.05, 0.1) is 5.52 Å². The van der Waals surface area contributed by atoms with Crippen LogP contribution in [0.4, 0.5) is 0 Å². The monoisotopic (exact) mass is 171 g/mol. The van der Waals surface area contributed by atoms with E-state index in [1.165, 1.54) is 0 Å². The molecule has 1 heterocycles. The summed E-state index contributed by atoms with van der Waals surface area (Å²) >= 11 is 0. The van der Waals surface area contributed by atoms with E-state index in [-0.39, 0.29) is 0 Å². The molecule has 0 N–H and O–H groups in total. The van der Waals surface area contributed by atoms with Crippen molar-refractivity contribution < 1.29 is 4.84 Å². The Morgan fingerprint density at radius 3 is 3.00 bits per heavy atom. The maximum absolute atomic E-state index is 5.29. The Kier molecular flexibility index (Phi) is 1.93. The fourth-order valence-electron chi connectivity index (χ4n) is 1.28. The van der Waals surface area contributed by atoms with E-state index in [9.17, 15) is 0 Å². The van der Waals surface area contributed by atoms with Crippen LogP contribution in [-0.4, -0.2) is 11.3 Å². The molecule has 2 heteroatoms. The summed E-state index contributed by atoms with van der Waals surface area (Å²) in [6, 6.07) is 9.98. The summed E-state index contributed by atoms with van der Waals surface area (Å²) in [5.41, 5.74) is 1.04. The highest BCUT2D eigenvalue weighted by molar-refractivity contribution is 5.79. The Morgan fingerprint density at radius 2 is 2.15 bits per heavy atom. The molecule has 0 radical (unpaired) electrons. The van der Waals surface area contributed by atoms with Gasteiger partial charge in [-0.2, -0.15) is 4.73 Å². The third kappa shape index (κ3) is 1.36. The van der Waals surface area contributed by atoms with Crippen LogP contribution in [0.15, 0.2) is 36.5 Å². The van der Waals surface area contributed by atoms with E-state index < -0.39 is 0 Å². The van der Waals surface area contributed by atoms with Crippen molar-refractivity contribution in [2.24, 2.45) is 0 Å². The Hall–Kier alpha value is -1.88. The number of benzene rings is 1. The summed E-state index contributed by atoms with van der Waals surface area (Å²) in [5.74, 6) is 2.43. The molecule has 0 aliphatic carbocycles. The van der Waals surface area contributed by atoms with E-state index in [0.717, 1.165) is 10.9 Å². The van der Waals surface area contributed by atoms with E-state index >= 15 is 0 Å². The maximum atomic E-state index is 5.29. The lowest BCUT2D eigenvalue weighted by atomic mass is 10.3. The lowest BCUT2D eigenvalue weighted by Gasteiger charge is -2.03. The average Bonchev–Trinajstić information content (AvgIpc) is 2.58. The molecule has 1 aromatic heterocycles. The topological polar surface area (TPSA) is 14.2 Å². The lowest BCUT2D eigenvalue weighted by Crippen LogP contribution is -2.09. The normalized spacial score (nSPS) is 9.77. The second kappa shape index (κ2) is 3.24. The van der Waals surface area contributed by atoms with Gasteiger partial charge in [0.2, 0.25) is 0 Å². The van der Waals surface area contributed by atoms with Gasteiger partial charge in [-0.3, -0.25) is 0 Å². The Morgan fingerprint density at radius 1 is 1.31 bits per heavy atom. The number of hydrogen-bond acceptors (Lipinski definition) is 1. The van der Waals surface area contributed by atoms with Crippen molar-refractivity contribution in [3.8, 4) is 12.3 Å². The first-order chi connectivity index (χ1) is 6.42. The molecular weight excluding hydrogens is 162 g/mol. The summed E-state index contributed by atoms with van der Waals surface area (Å²) in [6.45, 7) is 0.290. The van der Waals surface area contributed by atoms with Crippen LogP contribution in [0.5, 0.6) is 0 Å². The predicted molar refractivity (Wildman–Crippen MR) is 52.2 cm³/mol. The number of hydrogen-bond donors (Lipinski definition) is 0. The molecule has 0 spiro atoms. The molecule has 2 aromatic rings. The van der Waals surface area contributed by atoms with Crippen molar-refractivity contribution in [1.82, 2.24) is 4.73 Å². The predicted octanol–water partition coefficient (Wildman–Crippen LogP) is 1.70. The van der Waals surface area contributed by atoms with Gasteiger partial charge in [-0.25, -0.2) is 0 Å². The summed E-state index contributed by atoms with van der Waals surface area (Å²) in [5, 5.41) is 1.15. The van der Waals surface area contributed by atoms with Crippen LogP contribution in [0.3, 0.4) is 0 Å². The van der Waals surface area contributed by atoms with Crippen LogP contribution in [0, 0.1) is 12.3 Å². The fraction of sp³-hybridized carbons (Fsp3) is 0.0909. The van der Waals surface area contributed by atoms with Crippen molar-refractivity contribution in [3.05, 3.63) is 36.5 Å². The first-order valence-corrected chi connectivity index (χ1v) is 4.04. The number of aromatic nitrogens is 1. The zero-order valence-electron chi connectivity index (χ0n) is 7.10. The van der Waals surface area contributed by atoms with Gasteiger partial charge in [-0.15, -0.1) is 6.42 Å². The van der Waals surface area contributed by atoms with E-state index in [1.807, 2.05) is 36.5 Å². The molecule has 0 bridgehead atoms. The van der Waals surface area contributed by atoms with Crippen LogP contribution in [-0.2, 0) is 0 Å². The third-order valence-corrected chi connectivity index (χ3v) is 1.85. The van der Waals surface area contributed by atoms with Crippen molar-refractivity contribution >= 4 is 10.9 Å². The molecule has 2 nitrogen and oxygen atoms in total. The standard InChI is InChI=1S/C11H9NO/c1-2-9-13-12-8-7-10-5-3-4-6-11(10)12/h1,3-8H,9H2. The van der Waals surface area contributed by atoms with Crippen LogP contribution in [0.2, 0.25) is 0 Å². The lowest BCUT2D eigenvalue weighted by molar-refractivity contribution is 0.150. The average molecular weight is 171 g/mol. The molecular formula is C11H9NO. The molecule has 13 heavy (non-hydrogen) atoms. The number of para-hydroxylation sites is 1. The van der Waals surface area contributed by atoms with E-state index in [4.69, 9.17) is 11.3 Å². The molecule has 64 valence electrons. The van der Waals surface area contributed by atoms with Gasteiger partial charge in [-0.1, -0.05) is 24.1 Å². The zero-order valence-corrected chi connectivity index (χ0v) is 7.10. The molecule has 0 aliphatic rings. The van der Waals surface area contributed by atoms with Crippen molar-refractivity contribution in [2.75, 3.05) is 6.61 Å². The maximum Gasteiger partial charge on any atom is 0.175 e. The van der Waals surface area contributed by atoms with E-state index in [1.54, 1.807) is 4.73 Å². The van der Waals surface area contributed by atoms with Gasteiger partial charge >= 0.3 is 0 Å². The largest absolute Gasteiger partial charge is 0.401 e. The second-order valence-electron chi connectivity index (χ2n) is 2.68. The number of terminal acetylenes is 1. The summed E-state index contributed by atoms with van der Waals surface area (Å²) < 4.78 is 1.69. The molecule has 0 fully saturated rings. The molecule has 0 unspecified atom stereocenters. The highest BCUT2D eigenvalue weighted by atomic mass is 16.7. The number of fused-ring (bicyclic) bond motifs is 1. The Labute approximate surface area is 76.7 Å². The molecule has 0 atom stereocenters. The quantitative estimate of drug-likeness (QED) is 0.627. The SMILES string of the molecule is C#CCOn1ccc2ccccc21. The minimum Gasteiger partial charge on any atom is -0.401 e. The molecule has 0 aliphatic heterocycles. The highest BCUT2D eigenvalue weighted by Gasteiger charge is 1.98. The van der Waals surface area contributed by atoms with E-state index in [0.29, 0.717) is 6.61 Å². The van der Waals surface area contributed by atoms with Gasteiger partial charge in [0, 0.05) is 11.6 Å². The molecule has 0 amide bonds. The minimum absolute atomic E-state index is 0.290. The minimum atomic E-state index is 0.290. The van der Waals surface area contributed by atoms with Gasteiger partial charge < -0.3 is 4.84 Å². The summed E-state index contributed by atoms with van der Waals surface area (Å²) in [4.78, 5) is 5.29. The Bertz CT molecular complexity index is 450. The molecule has 2 rings (SSSR count).